The fourth-order valence-corrected chi connectivity index (χ4v) is 3.17. The van der Waals surface area contributed by atoms with Gasteiger partial charge in [-0.05, 0) is 0 Å². The molecule has 0 bridgehead atoms. The molecule has 0 saturated carbocycles. The van der Waals surface area contributed by atoms with Gasteiger partial charge in [-0.3, -0.25) is 4.40 Å². The molecule has 0 fully saturated rings. The van der Waals surface area contributed by atoms with Crippen LogP contribution in [0.1, 0.15) is 5.69 Å². The van der Waals surface area contributed by atoms with E-state index >= 15 is 0 Å². The largest absolute Gasteiger partial charge is 0.325 e. The minimum absolute atomic E-state index is 0.499. The van der Waals surface area contributed by atoms with Crippen molar-refractivity contribution in [2.45, 2.75) is 6.54 Å². The average Bonchev–Trinajstić information content (AvgIpc) is 2.91. The highest BCUT2D eigenvalue weighted by Crippen LogP contribution is 2.30. The normalized spacial score (nSPS) is 11.3. The van der Waals surface area contributed by atoms with E-state index in [9.17, 15) is 0 Å². The Balaban J connectivity index is 2.09. The van der Waals surface area contributed by atoms with Gasteiger partial charge in [0, 0.05) is 30.5 Å². The molecule has 0 spiro atoms. The van der Waals surface area contributed by atoms with E-state index in [1.54, 1.807) is 28.9 Å². The van der Waals surface area contributed by atoms with Gasteiger partial charge in [0.2, 0.25) is 0 Å². The van der Waals surface area contributed by atoms with Gasteiger partial charge in [-0.15, -0.1) is 11.3 Å². The second-order valence-corrected chi connectivity index (χ2v) is 4.93. The van der Waals surface area contributed by atoms with Crippen LogP contribution in [0.25, 0.3) is 14.8 Å². The number of aromatic nitrogens is 3. The lowest BCUT2D eigenvalue weighted by atomic mass is 10.5. The second-order valence-electron chi connectivity index (χ2n) is 3.06. The zero-order valence-electron chi connectivity index (χ0n) is 7.75. The number of imidazole rings is 1. The maximum atomic E-state index is 5.53. The molecule has 15 heavy (non-hydrogen) atoms. The summed E-state index contributed by atoms with van der Waals surface area (Å²) in [5.41, 5.74) is 6.47. The molecule has 3 heterocycles. The third-order valence-corrected chi connectivity index (χ3v) is 4.13. The Morgan fingerprint density at radius 2 is 2.40 bits per heavy atom. The maximum absolute atomic E-state index is 5.53. The minimum atomic E-state index is 0.499. The molecule has 0 saturated heterocycles. The van der Waals surface area contributed by atoms with Crippen LogP contribution in [0.4, 0.5) is 0 Å². The summed E-state index contributed by atoms with van der Waals surface area (Å²) in [6.07, 6.45) is 5.78. The van der Waals surface area contributed by atoms with Gasteiger partial charge in [-0.2, -0.15) is 0 Å². The van der Waals surface area contributed by atoms with Crippen LogP contribution in [-0.4, -0.2) is 14.4 Å². The van der Waals surface area contributed by atoms with Gasteiger partial charge in [-0.1, -0.05) is 11.3 Å². The first-order chi connectivity index (χ1) is 7.36. The van der Waals surface area contributed by atoms with Gasteiger partial charge in [-0.25, -0.2) is 9.97 Å². The van der Waals surface area contributed by atoms with Gasteiger partial charge in [0.1, 0.15) is 5.01 Å². The fourth-order valence-electron chi connectivity index (χ4n) is 1.34. The molecule has 3 aromatic heterocycles. The monoisotopic (exact) mass is 236 g/mol. The number of fused-ring (bicyclic) bond motifs is 1. The van der Waals surface area contributed by atoms with Crippen molar-refractivity contribution in [3.05, 3.63) is 29.7 Å². The molecule has 0 aliphatic carbocycles. The summed E-state index contributed by atoms with van der Waals surface area (Å²) in [4.78, 5) is 10.8. The van der Waals surface area contributed by atoms with Crippen LogP contribution in [0.15, 0.2) is 24.0 Å². The molecule has 76 valence electrons. The van der Waals surface area contributed by atoms with Gasteiger partial charge in [0.05, 0.1) is 10.6 Å². The van der Waals surface area contributed by atoms with Crippen LogP contribution in [-0.2, 0) is 6.54 Å². The lowest BCUT2D eigenvalue weighted by Crippen LogP contribution is -1.95. The standard InChI is InChI=1S/C9H8N4S2/c10-3-6-5-14-8(12-6)7-4-13-2-1-11-9(13)15-7/h1-2,4-5H,3,10H2. The Kier molecular flexibility index (Phi) is 2.05. The summed E-state index contributed by atoms with van der Waals surface area (Å²) in [5.74, 6) is 0. The number of hydrogen-bond donors (Lipinski definition) is 1. The lowest BCUT2D eigenvalue weighted by molar-refractivity contribution is 1.01. The highest BCUT2D eigenvalue weighted by Gasteiger charge is 2.08. The van der Waals surface area contributed by atoms with E-state index in [4.69, 9.17) is 5.73 Å². The van der Waals surface area contributed by atoms with Gasteiger partial charge < -0.3 is 5.73 Å². The van der Waals surface area contributed by atoms with Crippen LogP contribution in [0.5, 0.6) is 0 Å². The zero-order chi connectivity index (χ0) is 10.3. The van der Waals surface area contributed by atoms with E-state index in [2.05, 4.69) is 9.97 Å². The van der Waals surface area contributed by atoms with E-state index in [1.807, 2.05) is 22.2 Å². The second kappa shape index (κ2) is 3.41. The fraction of sp³-hybridized carbons (Fsp3) is 0.111. The third kappa shape index (κ3) is 1.46. The first kappa shape index (κ1) is 9.02. The maximum Gasteiger partial charge on any atom is 0.194 e. The predicted molar refractivity (Wildman–Crippen MR) is 62.1 cm³/mol. The highest BCUT2D eigenvalue weighted by atomic mass is 32.1. The molecule has 4 nitrogen and oxygen atoms in total. The molecule has 3 aromatic rings. The molecular formula is C9H8N4S2. The van der Waals surface area contributed by atoms with Crippen molar-refractivity contribution in [3.8, 4) is 9.88 Å². The number of hydrogen-bond acceptors (Lipinski definition) is 5. The number of rotatable bonds is 2. The number of nitrogens with zero attached hydrogens (tertiary/aromatic N) is 3. The van der Waals surface area contributed by atoms with E-state index < -0.39 is 0 Å². The van der Waals surface area contributed by atoms with E-state index in [0.29, 0.717) is 6.54 Å². The number of nitrogens with two attached hydrogens (primary N) is 1. The van der Waals surface area contributed by atoms with Gasteiger partial charge >= 0.3 is 0 Å². The summed E-state index contributed by atoms with van der Waals surface area (Å²) in [5, 5.41) is 3.02. The van der Waals surface area contributed by atoms with E-state index in [0.717, 1.165) is 20.5 Å². The minimum Gasteiger partial charge on any atom is -0.325 e. The molecule has 2 N–H and O–H groups in total. The van der Waals surface area contributed by atoms with Crippen LogP contribution >= 0.6 is 22.7 Å². The third-order valence-electron chi connectivity index (χ3n) is 2.06. The Bertz CT molecular complexity index is 563. The first-order valence-electron chi connectivity index (χ1n) is 4.44. The first-order valence-corrected chi connectivity index (χ1v) is 6.14. The topological polar surface area (TPSA) is 56.2 Å². The van der Waals surface area contributed by atoms with Gasteiger partial charge in [0.25, 0.3) is 0 Å². The lowest BCUT2D eigenvalue weighted by Gasteiger charge is -1.86. The van der Waals surface area contributed by atoms with Crippen molar-refractivity contribution < 1.29 is 0 Å². The van der Waals surface area contributed by atoms with Crippen molar-refractivity contribution in [1.82, 2.24) is 14.4 Å². The predicted octanol–water partition coefficient (Wildman–Crippen LogP) is 1.98. The van der Waals surface area contributed by atoms with Crippen LogP contribution in [0.3, 0.4) is 0 Å². The molecule has 0 aliphatic heterocycles. The summed E-state index contributed by atoms with van der Waals surface area (Å²) in [6.45, 7) is 0.499. The molecule has 0 aliphatic rings. The smallest absolute Gasteiger partial charge is 0.194 e. The molecule has 3 rings (SSSR count). The quantitative estimate of drug-likeness (QED) is 0.740. The summed E-state index contributed by atoms with van der Waals surface area (Å²) >= 11 is 3.26. The summed E-state index contributed by atoms with van der Waals surface area (Å²) in [7, 11) is 0. The molecule has 0 amide bonds. The van der Waals surface area contributed by atoms with Crippen molar-refractivity contribution in [2.24, 2.45) is 5.73 Å². The number of thiazole rings is 2. The van der Waals surface area contributed by atoms with Crippen LogP contribution < -0.4 is 5.73 Å². The SMILES string of the molecule is NCc1csc(-c2cn3ccnc3s2)n1. The van der Waals surface area contributed by atoms with Crippen LogP contribution in [0, 0.1) is 0 Å². The van der Waals surface area contributed by atoms with Crippen molar-refractivity contribution in [1.29, 1.82) is 0 Å². The average molecular weight is 236 g/mol. The van der Waals surface area contributed by atoms with Crippen molar-refractivity contribution in [3.63, 3.8) is 0 Å². The van der Waals surface area contributed by atoms with Crippen LogP contribution in [0.2, 0.25) is 0 Å². The van der Waals surface area contributed by atoms with Crippen molar-refractivity contribution >= 4 is 27.6 Å². The molecule has 0 radical (unpaired) electrons. The van der Waals surface area contributed by atoms with E-state index in [1.165, 1.54) is 0 Å². The van der Waals surface area contributed by atoms with Crippen molar-refractivity contribution in [2.75, 3.05) is 0 Å². The summed E-state index contributed by atoms with van der Waals surface area (Å²) in [6, 6.07) is 0. The van der Waals surface area contributed by atoms with Gasteiger partial charge in [0.15, 0.2) is 4.96 Å². The Labute approximate surface area is 94.0 Å². The Morgan fingerprint density at radius 1 is 1.47 bits per heavy atom. The molecule has 0 aromatic carbocycles. The molecule has 0 atom stereocenters. The highest BCUT2D eigenvalue weighted by molar-refractivity contribution is 7.24. The Morgan fingerprint density at radius 3 is 3.13 bits per heavy atom. The zero-order valence-corrected chi connectivity index (χ0v) is 9.38. The van der Waals surface area contributed by atoms with E-state index in [-0.39, 0.29) is 0 Å². The molecular weight excluding hydrogens is 228 g/mol. The molecule has 0 unspecified atom stereocenters. The molecule has 6 heteroatoms. The summed E-state index contributed by atoms with van der Waals surface area (Å²) < 4.78 is 2.00. The Hall–Kier alpha value is -1.24.